The number of fused-ring (bicyclic) bond motifs is 1. The van der Waals surface area contributed by atoms with Crippen molar-refractivity contribution >= 4 is 34.8 Å². The normalized spacial score (nSPS) is 10.1. The Labute approximate surface area is 124 Å². The van der Waals surface area contributed by atoms with Crippen molar-refractivity contribution < 1.29 is 0 Å². The largest absolute Gasteiger partial charge is 0.339 e. The summed E-state index contributed by atoms with van der Waals surface area (Å²) in [5, 5.41) is 4.45. The van der Waals surface area contributed by atoms with E-state index in [4.69, 9.17) is 0 Å². The minimum absolute atomic E-state index is 0. The fraction of sp³-hybridized carbons (Fsp3) is 0.125. The van der Waals surface area contributed by atoms with Crippen LogP contribution in [0, 0.1) is 0 Å². The van der Waals surface area contributed by atoms with E-state index in [-0.39, 0.29) is 12.4 Å². The molecule has 20 heavy (non-hydrogen) atoms. The zero-order chi connectivity index (χ0) is 13.1. The Hall–Kier alpha value is -2.13. The molecule has 0 radical (unpaired) electrons. The maximum atomic E-state index is 4.36. The van der Waals surface area contributed by atoms with Crippen molar-refractivity contribution in [2.45, 2.75) is 13.3 Å². The van der Waals surface area contributed by atoms with Crippen molar-refractivity contribution in [2.75, 3.05) is 5.32 Å². The van der Waals surface area contributed by atoms with Crippen LogP contribution in [0.5, 0.6) is 0 Å². The van der Waals surface area contributed by atoms with E-state index in [0.717, 1.165) is 28.8 Å². The maximum Gasteiger partial charge on any atom is 0.141 e. The quantitative estimate of drug-likeness (QED) is 0.777. The first kappa shape index (κ1) is 14.3. The number of halogens is 1. The highest BCUT2D eigenvalue weighted by molar-refractivity contribution is 5.90. The third kappa shape index (κ3) is 2.73. The molecule has 0 saturated heterocycles. The highest BCUT2D eigenvalue weighted by Gasteiger charge is 2.05. The maximum absolute atomic E-state index is 4.36. The lowest BCUT2D eigenvalue weighted by Crippen LogP contribution is -1.98. The van der Waals surface area contributed by atoms with Crippen molar-refractivity contribution in [3.05, 3.63) is 60.4 Å². The number of anilines is 2. The molecule has 0 fully saturated rings. The third-order valence-electron chi connectivity index (χ3n) is 3.19. The van der Waals surface area contributed by atoms with Gasteiger partial charge in [0.2, 0.25) is 0 Å². The van der Waals surface area contributed by atoms with Gasteiger partial charge in [-0.15, -0.1) is 12.4 Å². The molecule has 0 aliphatic rings. The molecule has 0 atom stereocenters. The Morgan fingerprint density at radius 3 is 2.55 bits per heavy atom. The van der Waals surface area contributed by atoms with E-state index in [1.807, 2.05) is 30.3 Å². The first-order chi connectivity index (χ1) is 9.38. The van der Waals surface area contributed by atoms with Gasteiger partial charge in [0.05, 0.1) is 5.52 Å². The highest BCUT2D eigenvalue weighted by atomic mass is 35.5. The first-order valence-corrected chi connectivity index (χ1v) is 6.43. The number of aromatic nitrogens is 2. The van der Waals surface area contributed by atoms with E-state index in [2.05, 4.69) is 40.4 Å². The lowest BCUT2D eigenvalue weighted by Gasteiger charge is -2.11. The molecule has 0 saturated carbocycles. The summed E-state index contributed by atoms with van der Waals surface area (Å²) in [5.41, 5.74) is 3.34. The molecule has 0 bridgehead atoms. The zero-order valence-electron chi connectivity index (χ0n) is 11.2. The number of rotatable bonds is 3. The lowest BCUT2D eigenvalue weighted by molar-refractivity contribution is 1.13. The van der Waals surface area contributed by atoms with Crippen LogP contribution in [0.15, 0.2) is 54.9 Å². The smallest absolute Gasteiger partial charge is 0.141 e. The summed E-state index contributed by atoms with van der Waals surface area (Å²) in [6.07, 6.45) is 2.59. The van der Waals surface area contributed by atoms with Gasteiger partial charge in [0.1, 0.15) is 12.1 Å². The van der Waals surface area contributed by atoms with Gasteiger partial charge >= 0.3 is 0 Å². The molecule has 1 heterocycles. The van der Waals surface area contributed by atoms with Crippen LogP contribution in [-0.2, 0) is 6.42 Å². The Kier molecular flexibility index (Phi) is 4.53. The van der Waals surface area contributed by atoms with Crippen molar-refractivity contribution in [2.24, 2.45) is 0 Å². The van der Waals surface area contributed by atoms with E-state index in [0.29, 0.717) is 0 Å². The van der Waals surface area contributed by atoms with Crippen molar-refractivity contribution in [3.63, 3.8) is 0 Å². The van der Waals surface area contributed by atoms with Crippen LogP contribution in [0.2, 0.25) is 0 Å². The highest BCUT2D eigenvalue weighted by Crippen LogP contribution is 2.24. The molecule has 1 N–H and O–H groups in total. The van der Waals surface area contributed by atoms with E-state index in [1.165, 1.54) is 5.56 Å². The van der Waals surface area contributed by atoms with Crippen LogP contribution in [-0.4, -0.2) is 9.97 Å². The number of hydrogen-bond acceptors (Lipinski definition) is 3. The Bertz CT molecular complexity index is 707. The van der Waals surface area contributed by atoms with Crippen molar-refractivity contribution in [3.8, 4) is 0 Å². The number of hydrogen-bond donors (Lipinski definition) is 1. The van der Waals surface area contributed by atoms with Gasteiger partial charge in [-0.2, -0.15) is 0 Å². The van der Waals surface area contributed by atoms with E-state index in [9.17, 15) is 0 Å². The minimum atomic E-state index is 0. The van der Waals surface area contributed by atoms with Crippen LogP contribution < -0.4 is 5.32 Å². The van der Waals surface area contributed by atoms with Gasteiger partial charge in [-0.1, -0.05) is 37.3 Å². The fourth-order valence-electron chi connectivity index (χ4n) is 2.18. The molecule has 0 amide bonds. The van der Waals surface area contributed by atoms with Gasteiger partial charge in [0, 0.05) is 11.1 Å². The van der Waals surface area contributed by atoms with Crippen LogP contribution in [0.4, 0.5) is 11.5 Å². The summed E-state index contributed by atoms with van der Waals surface area (Å²) in [6, 6.07) is 16.3. The van der Waals surface area contributed by atoms with Gasteiger partial charge < -0.3 is 5.32 Å². The summed E-state index contributed by atoms with van der Waals surface area (Å²) < 4.78 is 0. The second kappa shape index (κ2) is 6.35. The molecule has 0 unspecified atom stereocenters. The van der Waals surface area contributed by atoms with Crippen molar-refractivity contribution in [1.29, 1.82) is 0 Å². The predicted molar refractivity (Wildman–Crippen MR) is 85.9 cm³/mol. The number of para-hydroxylation sites is 2. The van der Waals surface area contributed by atoms with Gasteiger partial charge in [0.25, 0.3) is 0 Å². The van der Waals surface area contributed by atoms with E-state index >= 15 is 0 Å². The molecule has 0 aliphatic carbocycles. The van der Waals surface area contributed by atoms with Crippen LogP contribution in [0.1, 0.15) is 12.5 Å². The molecule has 2 aromatic carbocycles. The summed E-state index contributed by atoms with van der Waals surface area (Å²) >= 11 is 0. The molecule has 1 aromatic heterocycles. The molecule has 0 spiro atoms. The number of nitrogens with zero attached hydrogens (tertiary/aromatic N) is 2. The molecule has 3 aromatic rings. The topological polar surface area (TPSA) is 37.8 Å². The summed E-state index contributed by atoms with van der Waals surface area (Å²) in [4.78, 5) is 8.63. The fourth-order valence-corrected chi connectivity index (χ4v) is 2.18. The second-order valence-electron chi connectivity index (χ2n) is 4.38. The van der Waals surface area contributed by atoms with Gasteiger partial charge in [0.15, 0.2) is 0 Å². The van der Waals surface area contributed by atoms with Crippen LogP contribution in [0.3, 0.4) is 0 Å². The zero-order valence-corrected chi connectivity index (χ0v) is 12.0. The SMILES string of the molecule is CCc1ccccc1Nc1ncnc2ccccc12.Cl. The number of nitrogens with one attached hydrogen (secondary N) is 1. The lowest BCUT2D eigenvalue weighted by atomic mass is 10.1. The number of benzene rings is 2. The second-order valence-corrected chi connectivity index (χ2v) is 4.38. The summed E-state index contributed by atoms with van der Waals surface area (Å²) in [5.74, 6) is 0.853. The molecule has 0 aliphatic heterocycles. The predicted octanol–water partition coefficient (Wildman–Crippen LogP) is 4.36. The Balaban J connectivity index is 0.00000147. The first-order valence-electron chi connectivity index (χ1n) is 6.43. The van der Waals surface area contributed by atoms with Gasteiger partial charge in [-0.25, -0.2) is 9.97 Å². The molecule has 3 rings (SSSR count). The standard InChI is InChI=1S/C16H15N3.ClH/c1-2-12-7-3-5-9-14(12)19-16-13-8-4-6-10-15(13)17-11-18-16;/h3-11H,2H2,1H3,(H,17,18,19);1H. The van der Waals surface area contributed by atoms with Crippen LogP contribution in [0.25, 0.3) is 10.9 Å². The van der Waals surface area contributed by atoms with Crippen molar-refractivity contribution in [1.82, 2.24) is 9.97 Å². The number of aryl methyl sites for hydroxylation is 1. The molecule has 3 nitrogen and oxygen atoms in total. The molecule has 4 heteroatoms. The minimum Gasteiger partial charge on any atom is -0.339 e. The van der Waals surface area contributed by atoms with E-state index < -0.39 is 0 Å². The van der Waals surface area contributed by atoms with Crippen LogP contribution >= 0.6 is 12.4 Å². The van der Waals surface area contributed by atoms with E-state index in [1.54, 1.807) is 6.33 Å². The molecule has 102 valence electrons. The summed E-state index contributed by atoms with van der Waals surface area (Å²) in [6.45, 7) is 2.15. The average molecular weight is 286 g/mol. The Morgan fingerprint density at radius 1 is 0.950 bits per heavy atom. The van der Waals surface area contributed by atoms with Gasteiger partial charge in [-0.05, 0) is 30.2 Å². The molecular weight excluding hydrogens is 270 g/mol. The summed E-state index contributed by atoms with van der Waals surface area (Å²) in [7, 11) is 0. The average Bonchev–Trinajstić information content (AvgIpc) is 2.48. The molecular formula is C16H16ClN3. The van der Waals surface area contributed by atoms with Gasteiger partial charge in [-0.3, -0.25) is 0 Å². The Morgan fingerprint density at radius 2 is 1.70 bits per heavy atom. The monoisotopic (exact) mass is 285 g/mol. The third-order valence-corrected chi connectivity index (χ3v) is 3.19.